The fourth-order valence-electron chi connectivity index (χ4n) is 1.89. The first-order valence-corrected chi connectivity index (χ1v) is 7.54. The van der Waals surface area contributed by atoms with Gasteiger partial charge in [-0.05, 0) is 41.3 Å². The SMILES string of the molecule is CC(=CCO)c1ccc(-c2ccc(Br)cc2Br)cc1. The van der Waals surface area contributed by atoms with Crippen LogP contribution in [-0.2, 0) is 0 Å². The van der Waals surface area contributed by atoms with Gasteiger partial charge in [-0.1, -0.05) is 68.3 Å². The third-order valence-electron chi connectivity index (χ3n) is 2.98. The van der Waals surface area contributed by atoms with Crippen molar-refractivity contribution >= 4 is 37.4 Å². The van der Waals surface area contributed by atoms with Crippen LogP contribution in [0.3, 0.4) is 0 Å². The lowest BCUT2D eigenvalue weighted by Gasteiger charge is -2.07. The molecule has 2 aromatic carbocycles. The predicted octanol–water partition coefficient (Wildman–Crippen LogP) is 5.27. The first-order valence-electron chi connectivity index (χ1n) is 5.95. The summed E-state index contributed by atoms with van der Waals surface area (Å²) in [5.41, 5.74) is 4.55. The minimum Gasteiger partial charge on any atom is -0.392 e. The summed E-state index contributed by atoms with van der Waals surface area (Å²) in [6.45, 7) is 2.08. The Kier molecular flexibility index (Phi) is 4.97. The maximum atomic E-state index is 8.91. The Morgan fingerprint density at radius 3 is 2.37 bits per heavy atom. The zero-order chi connectivity index (χ0) is 13.8. The van der Waals surface area contributed by atoms with Crippen LogP contribution < -0.4 is 0 Å². The third-order valence-corrected chi connectivity index (χ3v) is 4.13. The van der Waals surface area contributed by atoms with E-state index in [2.05, 4.69) is 62.2 Å². The summed E-state index contributed by atoms with van der Waals surface area (Å²) >= 11 is 7.04. The minimum absolute atomic E-state index is 0.0752. The van der Waals surface area contributed by atoms with Gasteiger partial charge in [-0.15, -0.1) is 0 Å². The first kappa shape index (κ1) is 14.5. The van der Waals surface area contributed by atoms with Crippen molar-refractivity contribution in [2.75, 3.05) is 6.61 Å². The molecule has 0 fully saturated rings. The van der Waals surface area contributed by atoms with E-state index in [0.717, 1.165) is 20.1 Å². The van der Waals surface area contributed by atoms with Gasteiger partial charge in [-0.3, -0.25) is 0 Å². The van der Waals surface area contributed by atoms with Crippen molar-refractivity contribution in [3.63, 3.8) is 0 Å². The maximum Gasteiger partial charge on any atom is 0.0618 e. The topological polar surface area (TPSA) is 20.2 Å². The van der Waals surface area contributed by atoms with Gasteiger partial charge in [0.05, 0.1) is 6.61 Å². The molecule has 1 N–H and O–H groups in total. The highest BCUT2D eigenvalue weighted by Crippen LogP contribution is 2.31. The Balaban J connectivity index is 2.35. The van der Waals surface area contributed by atoms with Gasteiger partial charge in [0, 0.05) is 8.95 Å². The molecular weight excluding hydrogens is 368 g/mol. The summed E-state index contributed by atoms with van der Waals surface area (Å²) in [4.78, 5) is 0. The van der Waals surface area contributed by atoms with E-state index in [9.17, 15) is 0 Å². The molecule has 0 heterocycles. The van der Waals surface area contributed by atoms with Crippen molar-refractivity contribution in [1.82, 2.24) is 0 Å². The van der Waals surface area contributed by atoms with Gasteiger partial charge >= 0.3 is 0 Å². The normalized spacial score (nSPS) is 11.7. The standard InChI is InChI=1S/C16H14Br2O/c1-11(8-9-19)12-2-4-13(5-3-12)15-7-6-14(17)10-16(15)18/h2-8,10,19H,9H2,1H3. The van der Waals surface area contributed by atoms with Crippen LogP contribution in [0.2, 0.25) is 0 Å². The average Bonchev–Trinajstić information content (AvgIpc) is 2.39. The van der Waals surface area contributed by atoms with Gasteiger partial charge < -0.3 is 5.11 Å². The molecule has 0 aliphatic rings. The first-order chi connectivity index (χ1) is 9.11. The van der Waals surface area contributed by atoms with Crippen molar-refractivity contribution in [2.45, 2.75) is 6.92 Å². The van der Waals surface area contributed by atoms with Crippen LogP contribution in [0.4, 0.5) is 0 Å². The molecule has 0 saturated heterocycles. The summed E-state index contributed by atoms with van der Waals surface area (Å²) in [5.74, 6) is 0. The molecule has 0 aliphatic heterocycles. The highest BCUT2D eigenvalue weighted by atomic mass is 79.9. The zero-order valence-corrected chi connectivity index (χ0v) is 13.7. The molecule has 2 rings (SSSR count). The summed E-state index contributed by atoms with van der Waals surface area (Å²) in [5, 5.41) is 8.91. The van der Waals surface area contributed by atoms with Gasteiger partial charge in [0.25, 0.3) is 0 Å². The summed E-state index contributed by atoms with van der Waals surface area (Å²) in [7, 11) is 0. The highest BCUT2D eigenvalue weighted by molar-refractivity contribution is 9.11. The molecule has 0 bridgehead atoms. The van der Waals surface area contributed by atoms with Crippen molar-refractivity contribution in [1.29, 1.82) is 0 Å². The monoisotopic (exact) mass is 380 g/mol. The van der Waals surface area contributed by atoms with Gasteiger partial charge in [-0.2, -0.15) is 0 Å². The van der Waals surface area contributed by atoms with Crippen LogP contribution in [0.25, 0.3) is 16.7 Å². The Hall–Kier alpha value is -0.900. The second-order valence-corrected chi connectivity index (χ2v) is 6.04. The number of allylic oxidation sites excluding steroid dienone is 1. The van der Waals surface area contributed by atoms with Crippen molar-refractivity contribution < 1.29 is 5.11 Å². The molecule has 98 valence electrons. The van der Waals surface area contributed by atoms with E-state index < -0.39 is 0 Å². The van der Waals surface area contributed by atoms with Gasteiger partial charge in [0.1, 0.15) is 0 Å². The smallest absolute Gasteiger partial charge is 0.0618 e. The lowest BCUT2D eigenvalue weighted by molar-refractivity contribution is 0.343. The van der Waals surface area contributed by atoms with Gasteiger partial charge in [0.15, 0.2) is 0 Å². The Morgan fingerprint density at radius 1 is 1.11 bits per heavy atom. The third kappa shape index (κ3) is 3.56. The fraction of sp³-hybridized carbons (Fsp3) is 0.125. The molecule has 0 amide bonds. The molecule has 0 spiro atoms. The molecule has 3 heteroatoms. The Labute approximate surface area is 130 Å². The van der Waals surface area contributed by atoms with Crippen LogP contribution in [0.15, 0.2) is 57.5 Å². The highest BCUT2D eigenvalue weighted by Gasteiger charge is 2.04. The molecule has 0 radical (unpaired) electrons. The molecule has 1 nitrogen and oxygen atoms in total. The number of rotatable bonds is 3. The second kappa shape index (κ2) is 6.51. The van der Waals surface area contributed by atoms with E-state index in [1.165, 1.54) is 11.1 Å². The Morgan fingerprint density at radius 2 is 1.79 bits per heavy atom. The summed E-state index contributed by atoms with van der Waals surface area (Å²) < 4.78 is 2.12. The molecule has 0 atom stereocenters. The second-order valence-electron chi connectivity index (χ2n) is 4.27. The molecule has 0 unspecified atom stereocenters. The van der Waals surface area contributed by atoms with E-state index in [1.54, 1.807) is 0 Å². The molecule has 0 aliphatic carbocycles. The zero-order valence-electron chi connectivity index (χ0n) is 10.5. The van der Waals surface area contributed by atoms with E-state index >= 15 is 0 Å². The quantitative estimate of drug-likeness (QED) is 0.767. The minimum atomic E-state index is 0.0752. The lowest BCUT2D eigenvalue weighted by Crippen LogP contribution is -1.84. The number of hydrogen-bond acceptors (Lipinski definition) is 1. The van der Waals surface area contributed by atoms with Crippen LogP contribution in [0.5, 0.6) is 0 Å². The van der Waals surface area contributed by atoms with E-state index in [-0.39, 0.29) is 6.61 Å². The van der Waals surface area contributed by atoms with Crippen molar-refractivity contribution in [3.8, 4) is 11.1 Å². The number of aliphatic hydroxyl groups excluding tert-OH is 1. The largest absolute Gasteiger partial charge is 0.392 e. The molecular formula is C16H14Br2O. The van der Waals surface area contributed by atoms with Crippen molar-refractivity contribution in [3.05, 3.63) is 63.0 Å². The van der Waals surface area contributed by atoms with Crippen LogP contribution in [0.1, 0.15) is 12.5 Å². The van der Waals surface area contributed by atoms with E-state index in [4.69, 9.17) is 5.11 Å². The molecule has 0 aromatic heterocycles. The number of hydrogen-bond donors (Lipinski definition) is 1. The summed E-state index contributed by atoms with van der Waals surface area (Å²) in [6, 6.07) is 14.5. The summed E-state index contributed by atoms with van der Waals surface area (Å²) in [6.07, 6.45) is 1.81. The number of halogens is 2. The lowest BCUT2D eigenvalue weighted by atomic mass is 10.0. The van der Waals surface area contributed by atoms with E-state index in [0.29, 0.717) is 0 Å². The number of aliphatic hydroxyl groups is 1. The molecule has 19 heavy (non-hydrogen) atoms. The van der Waals surface area contributed by atoms with Crippen LogP contribution >= 0.6 is 31.9 Å². The number of benzene rings is 2. The average molecular weight is 382 g/mol. The van der Waals surface area contributed by atoms with Crippen LogP contribution in [-0.4, -0.2) is 11.7 Å². The molecule has 0 saturated carbocycles. The Bertz CT molecular complexity index is 601. The predicted molar refractivity (Wildman–Crippen MR) is 88.0 cm³/mol. The van der Waals surface area contributed by atoms with Gasteiger partial charge in [0.2, 0.25) is 0 Å². The van der Waals surface area contributed by atoms with Crippen molar-refractivity contribution in [2.24, 2.45) is 0 Å². The van der Waals surface area contributed by atoms with Crippen LogP contribution in [0, 0.1) is 0 Å². The van der Waals surface area contributed by atoms with Gasteiger partial charge in [-0.25, -0.2) is 0 Å². The molecule has 2 aromatic rings. The fourth-order valence-corrected chi connectivity index (χ4v) is 3.17. The maximum absolute atomic E-state index is 8.91. The van der Waals surface area contributed by atoms with E-state index in [1.807, 2.05) is 25.1 Å².